The molecule has 39 heavy (non-hydrogen) atoms. The summed E-state index contributed by atoms with van der Waals surface area (Å²) in [6.07, 6.45) is 1.03. The van der Waals surface area contributed by atoms with Crippen LogP contribution < -0.4 is 10.6 Å². The SMILES string of the molecule is CC(O)[C@H](NC(=O)OC(C)(C)C)C(=O)Nc1ccc(-c2ccnc3c2ccn3S(=O)(=O)c2ccccc2)cc1. The van der Waals surface area contributed by atoms with Crippen molar-refractivity contribution in [3.63, 3.8) is 0 Å². The van der Waals surface area contributed by atoms with Crippen LogP contribution in [0.1, 0.15) is 27.7 Å². The number of ether oxygens (including phenoxy) is 1. The number of nitrogens with one attached hydrogen (secondary N) is 2. The minimum Gasteiger partial charge on any atom is -0.444 e. The lowest BCUT2D eigenvalue weighted by Gasteiger charge is -2.24. The molecule has 0 saturated heterocycles. The summed E-state index contributed by atoms with van der Waals surface area (Å²) in [5.74, 6) is -0.613. The third-order valence-corrected chi connectivity index (χ3v) is 7.44. The van der Waals surface area contributed by atoms with E-state index in [0.29, 0.717) is 16.7 Å². The Kier molecular flexibility index (Phi) is 7.75. The largest absolute Gasteiger partial charge is 0.444 e. The highest BCUT2D eigenvalue weighted by atomic mass is 32.2. The molecule has 3 N–H and O–H groups in total. The van der Waals surface area contributed by atoms with E-state index < -0.39 is 39.8 Å². The molecular weight excluding hydrogens is 520 g/mol. The summed E-state index contributed by atoms with van der Waals surface area (Å²) in [6.45, 7) is 6.47. The number of hydrogen-bond acceptors (Lipinski definition) is 7. The second-order valence-electron chi connectivity index (χ2n) is 9.96. The van der Waals surface area contributed by atoms with Gasteiger partial charge < -0.3 is 20.5 Å². The number of aromatic nitrogens is 2. The molecule has 2 aromatic carbocycles. The van der Waals surface area contributed by atoms with Crippen molar-refractivity contribution in [2.24, 2.45) is 0 Å². The van der Waals surface area contributed by atoms with Gasteiger partial charge in [0, 0.05) is 23.5 Å². The number of benzene rings is 2. The first-order chi connectivity index (χ1) is 18.4. The average molecular weight is 551 g/mol. The molecular formula is C28H30N4O6S. The fourth-order valence-corrected chi connectivity index (χ4v) is 5.28. The average Bonchev–Trinajstić information content (AvgIpc) is 3.32. The van der Waals surface area contributed by atoms with Crippen molar-refractivity contribution in [1.82, 2.24) is 14.3 Å². The minimum atomic E-state index is -3.83. The molecule has 4 aromatic rings. The Labute approximate surface area is 226 Å². The lowest BCUT2D eigenvalue weighted by atomic mass is 10.0. The number of pyridine rings is 1. The van der Waals surface area contributed by atoms with Crippen LogP contribution in [-0.2, 0) is 19.6 Å². The van der Waals surface area contributed by atoms with Crippen LogP contribution >= 0.6 is 0 Å². The number of aliphatic hydroxyl groups is 1. The van der Waals surface area contributed by atoms with Gasteiger partial charge in [-0.1, -0.05) is 30.3 Å². The van der Waals surface area contributed by atoms with Gasteiger partial charge in [-0.25, -0.2) is 22.2 Å². The maximum Gasteiger partial charge on any atom is 0.408 e. The Balaban J connectivity index is 1.55. The Morgan fingerprint density at radius 1 is 1.00 bits per heavy atom. The molecule has 0 aliphatic carbocycles. The molecule has 0 saturated carbocycles. The number of hydrogen-bond donors (Lipinski definition) is 3. The second kappa shape index (κ2) is 10.9. The maximum absolute atomic E-state index is 13.2. The quantitative estimate of drug-likeness (QED) is 0.314. The third-order valence-electron chi connectivity index (χ3n) is 5.76. The summed E-state index contributed by atoms with van der Waals surface area (Å²) in [6, 6.07) is 17.3. The van der Waals surface area contributed by atoms with E-state index in [4.69, 9.17) is 4.74 Å². The fourth-order valence-electron chi connectivity index (χ4n) is 3.96. The first-order valence-corrected chi connectivity index (χ1v) is 13.7. The predicted molar refractivity (Wildman–Crippen MR) is 148 cm³/mol. The number of anilines is 1. The molecule has 0 aliphatic rings. The zero-order valence-corrected chi connectivity index (χ0v) is 22.8. The zero-order chi connectivity index (χ0) is 28.4. The number of nitrogens with zero attached hydrogens (tertiary/aromatic N) is 2. The van der Waals surface area contributed by atoms with E-state index in [0.717, 1.165) is 15.1 Å². The van der Waals surface area contributed by atoms with E-state index >= 15 is 0 Å². The summed E-state index contributed by atoms with van der Waals surface area (Å²) in [7, 11) is -3.83. The third kappa shape index (κ3) is 6.27. The molecule has 2 atom stereocenters. The summed E-state index contributed by atoms with van der Waals surface area (Å²) < 4.78 is 32.7. The van der Waals surface area contributed by atoms with E-state index in [1.807, 2.05) is 0 Å². The number of carbonyl (C=O) groups is 2. The van der Waals surface area contributed by atoms with E-state index in [9.17, 15) is 23.1 Å². The first-order valence-electron chi connectivity index (χ1n) is 12.2. The van der Waals surface area contributed by atoms with Crippen molar-refractivity contribution in [3.8, 4) is 11.1 Å². The van der Waals surface area contributed by atoms with Gasteiger partial charge >= 0.3 is 6.09 Å². The van der Waals surface area contributed by atoms with Gasteiger partial charge in [-0.2, -0.15) is 0 Å². The zero-order valence-electron chi connectivity index (χ0n) is 22.0. The van der Waals surface area contributed by atoms with Gasteiger partial charge in [0.1, 0.15) is 11.6 Å². The number of carbonyl (C=O) groups excluding carboxylic acids is 2. The van der Waals surface area contributed by atoms with Crippen molar-refractivity contribution < 1.29 is 27.9 Å². The Bertz CT molecular complexity index is 1590. The topological polar surface area (TPSA) is 140 Å². The highest BCUT2D eigenvalue weighted by Crippen LogP contribution is 2.30. The lowest BCUT2D eigenvalue weighted by molar-refractivity contribution is -0.120. The molecule has 0 bridgehead atoms. The van der Waals surface area contributed by atoms with Gasteiger partial charge in [-0.15, -0.1) is 0 Å². The Hall–Kier alpha value is -4.22. The van der Waals surface area contributed by atoms with Gasteiger partial charge in [0.15, 0.2) is 5.65 Å². The molecule has 0 fully saturated rings. The molecule has 2 amide bonds. The van der Waals surface area contributed by atoms with Crippen LogP contribution in [0.15, 0.2) is 84.0 Å². The summed E-state index contributed by atoms with van der Waals surface area (Å²) in [4.78, 5) is 29.4. The van der Waals surface area contributed by atoms with Crippen LogP contribution in [0.2, 0.25) is 0 Å². The molecule has 4 rings (SSSR count). The Morgan fingerprint density at radius 2 is 1.67 bits per heavy atom. The highest BCUT2D eigenvalue weighted by Gasteiger charge is 2.28. The molecule has 2 aromatic heterocycles. The van der Waals surface area contributed by atoms with E-state index in [1.165, 1.54) is 25.3 Å². The molecule has 0 spiro atoms. The van der Waals surface area contributed by atoms with Gasteiger partial charge in [0.25, 0.3) is 10.0 Å². The summed E-state index contributed by atoms with van der Waals surface area (Å²) in [5, 5.41) is 15.8. The number of amides is 2. The van der Waals surface area contributed by atoms with E-state index in [1.54, 1.807) is 81.6 Å². The minimum absolute atomic E-state index is 0.159. The van der Waals surface area contributed by atoms with Crippen molar-refractivity contribution >= 4 is 38.7 Å². The van der Waals surface area contributed by atoms with Crippen molar-refractivity contribution in [3.05, 3.63) is 79.1 Å². The standard InChI is InChI=1S/C28H30N4O6S/c1-18(33)24(31-27(35)38-28(2,3)4)26(34)30-20-12-10-19(11-13-20)22-14-16-29-25-23(22)15-17-32(25)39(36,37)21-8-6-5-7-9-21/h5-18,24,33H,1-4H3,(H,30,34)(H,31,35)/t18?,24-/m0/s1. The van der Waals surface area contributed by atoms with E-state index in [-0.39, 0.29) is 4.90 Å². The molecule has 0 aliphatic heterocycles. The van der Waals surface area contributed by atoms with Gasteiger partial charge in [0.2, 0.25) is 5.91 Å². The smallest absolute Gasteiger partial charge is 0.408 e. The maximum atomic E-state index is 13.2. The summed E-state index contributed by atoms with van der Waals surface area (Å²) >= 11 is 0. The molecule has 10 nitrogen and oxygen atoms in total. The number of aliphatic hydroxyl groups excluding tert-OH is 1. The lowest BCUT2D eigenvalue weighted by Crippen LogP contribution is -2.51. The second-order valence-corrected chi connectivity index (χ2v) is 11.8. The summed E-state index contributed by atoms with van der Waals surface area (Å²) in [5.41, 5.74) is 1.50. The van der Waals surface area contributed by atoms with E-state index in [2.05, 4.69) is 15.6 Å². The van der Waals surface area contributed by atoms with Crippen LogP contribution in [0.4, 0.5) is 10.5 Å². The monoisotopic (exact) mass is 550 g/mol. The van der Waals surface area contributed by atoms with Crippen molar-refractivity contribution in [1.29, 1.82) is 0 Å². The highest BCUT2D eigenvalue weighted by molar-refractivity contribution is 7.90. The molecule has 0 radical (unpaired) electrons. The fraction of sp³-hybridized carbons (Fsp3) is 0.250. The van der Waals surface area contributed by atoms with Crippen LogP contribution in [0.5, 0.6) is 0 Å². The van der Waals surface area contributed by atoms with Crippen LogP contribution in [-0.4, -0.2) is 52.2 Å². The van der Waals surface area contributed by atoms with Gasteiger partial charge in [-0.05, 0) is 75.2 Å². The number of rotatable bonds is 7. The van der Waals surface area contributed by atoms with Crippen LogP contribution in [0, 0.1) is 0 Å². The van der Waals surface area contributed by atoms with Crippen LogP contribution in [0.3, 0.4) is 0 Å². The number of alkyl carbamates (subject to hydrolysis) is 1. The van der Waals surface area contributed by atoms with Crippen molar-refractivity contribution in [2.75, 3.05) is 5.32 Å². The number of fused-ring (bicyclic) bond motifs is 1. The van der Waals surface area contributed by atoms with Gasteiger partial charge in [-0.3, -0.25) is 4.79 Å². The van der Waals surface area contributed by atoms with Crippen LogP contribution in [0.25, 0.3) is 22.2 Å². The van der Waals surface area contributed by atoms with Gasteiger partial charge in [0.05, 0.1) is 11.0 Å². The normalized spacial score (nSPS) is 13.5. The molecule has 2 heterocycles. The molecule has 1 unspecified atom stereocenters. The Morgan fingerprint density at radius 3 is 2.28 bits per heavy atom. The molecule has 11 heteroatoms. The molecule has 204 valence electrons. The van der Waals surface area contributed by atoms with Crippen molar-refractivity contribution in [2.45, 2.75) is 50.3 Å². The predicted octanol–water partition coefficient (Wildman–Crippen LogP) is 4.15. The first kappa shape index (κ1) is 27.8.